The Morgan fingerprint density at radius 2 is 2.14 bits per heavy atom. The number of likely N-dealkylation sites (N-methyl/N-ethyl adjacent to an activating group) is 1. The number of rotatable bonds is 11. The maximum atomic E-state index is 15.4. The molecule has 0 radical (unpaired) electrons. The number of benzene rings is 1. The van der Waals surface area contributed by atoms with Crippen LogP contribution in [0.2, 0.25) is 0 Å². The molecule has 3 heterocycles. The molecule has 0 amide bonds. The third-order valence-corrected chi connectivity index (χ3v) is 6.68. The van der Waals surface area contributed by atoms with Crippen molar-refractivity contribution in [2.75, 3.05) is 46.5 Å². The van der Waals surface area contributed by atoms with E-state index < -0.39 is 17.8 Å². The van der Waals surface area contributed by atoms with Gasteiger partial charge in [-0.25, -0.2) is 9.37 Å². The van der Waals surface area contributed by atoms with Gasteiger partial charge in [-0.15, -0.1) is 0 Å². The number of carboxylic acid groups (broad SMARTS) is 1. The Hall–Kier alpha value is -3.04. The highest BCUT2D eigenvalue weighted by atomic mass is 19.1. The minimum absolute atomic E-state index is 0.0353. The van der Waals surface area contributed by atoms with Gasteiger partial charge < -0.3 is 19.7 Å². The minimum Gasteiger partial charge on any atom is -0.481 e. The van der Waals surface area contributed by atoms with E-state index in [1.807, 2.05) is 35.0 Å². The molecule has 2 N–H and O–H groups in total. The number of pyridine rings is 1. The van der Waals surface area contributed by atoms with E-state index in [-0.39, 0.29) is 13.1 Å². The lowest BCUT2D eigenvalue weighted by Crippen LogP contribution is -2.38. The largest absolute Gasteiger partial charge is 0.481 e. The van der Waals surface area contributed by atoms with Crippen molar-refractivity contribution in [1.82, 2.24) is 19.8 Å². The molecule has 0 bridgehead atoms. The average molecular weight is 487 g/mol. The van der Waals surface area contributed by atoms with Gasteiger partial charge in [-0.2, -0.15) is 0 Å². The van der Waals surface area contributed by atoms with Crippen LogP contribution in [0.25, 0.3) is 10.9 Å². The maximum absolute atomic E-state index is 15.4. The van der Waals surface area contributed by atoms with Gasteiger partial charge in [0.05, 0.1) is 25.3 Å². The number of aromatic nitrogens is 2. The number of hydrogen-bond acceptors (Lipinski definition) is 5. The number of aliphatic carboxylic acids is 1. The summed E-state index contributed by atoms with van der Waals surface area (Å²) in [4.78, 5) is 23.0. The number of fused-ring (bicyclic) bond motifs is 3. The lowest BCUT2D eigenvalue weighted by molar-refractivity contribution is -0.137. The second-order valence-corrected chi connectivity index (χ2v) is 9.04. The standard InChI is InChI=1S/C26H32F2N4O3/c1-17-23(20(28)16-29-26(17)35-15-14-31(2)11-5-10-27)25-24-19(8-12-32(25)13-9-22(33)34)18-6-3-4-7-21(18)30-24/h3-4,6-7,16,25,30H,5,8-15H2,1-2H3,(H,33,34). The highest BCUT2D eigenvalue weighted by Gasteiger charge is 2.35. The molecule has 4 rings (SSSR count). The molecule has 35 heavy (non-hydrogen) atoms. The molecule has 1 aromatic carbocycles. The van der Waals surface area contributed by atoms with Crippen LogP contribution in [0.3, 0.4) is 0 Å². The number of nitrogens with zero attached hydrogens (tertiary/aromatic N) is 3. The molecule has 1 atom stereocenters. The number of halogens is 2. The van der Waals surface area contributed by atoms with Gasteiger partial charge in [0.15, 0.2) is 0 Å². The first kappa shape index (κ1) is 25.1. The summed E-state index contributed by atoms with van der Waals surface area (Å²) in [6.07, 6.45) is 2.36. The molecule has 1 unspecified atom stereocenters. The van der Waals surface area contributed by atoms with E-state index in [0.29, 0.717) is 56.2 Å². The second kappa shape index (κ2) is 11.1. The fourth-order valence-corrected chi connectivity index (χ4v) is 4.89. The van der Waals surface area contributed by atoms with Gasteiger partial charge in [-0.3, -0.25) is 14.1 Å². The number of nitrogens with one attached hydrogen (secondary N) is 1. The molecule has 3 aromatic rings. The molecular formula is C26H32F2N4O3. The van der Waals surface area contributed by atoms with Gasteiger partial charge in [0.25, 0.3) is 0 Å². The van der Waals surface area contributed by atoms with Crippen molar-refractivity contribution in [3.8, 4) is 5.88 Å². The van der Waals surface area contributed by atoms with Crippen LogP contribution in [0.4, 0.5) is 8.78 Å². The maximum Gasteiger partial charge on any atom is 0.304 e. The van der Waals surface area contributed by atoms with Gasteiger partial charge in [-0.05, 0) is 38.4 Å². The number of aromatic amines is 1. The van der Waals surface area contributed by atoms with Crippen molar-refractivity contribution in [3.05, 3.63) is 58.7 Å². The van der Waals surface area contributed by atoms with Crippen LogP contribution in [0.15, 0.2) is 30.5 Å². The fourth-order valence-electron chi connectivity index (χ4n) is 4.89. The van der Waals surface area contributed by atoms with Gasteiger partial charge in [0.2, 0.25) is 5.88 Å². The van der Waals surface area contributed by atoms with Crippen LogP contribution in [0.1, 0.15) is 41.3 Å². The predicted molar refractivity (Wildman–Crippen MR) is 130 cm³/mol. The number of carbonyl (C=O) groups is 1. The lowest BCUT2D eigenvalue weighted by Gasteiger charge is -2.36. The van der Waals surface area contributed by atoms with Crippen molar-refractivity contribution in [3.63, 3.8) is 0 Å². The molecule has 0 aliphatic carbocycles. The Bertz CT molecular complexity index is 1180. The zero-order valence-corrected chi connectivity index (χ0v) is 20.2. The van der Waals surface area contributed by atoms with Crippen LogP contribution in [0.5, 0.6) is 5.88 Å². The van der Waals surface area contributed by atoms with E-state index in [0.717, 1.165) is 28.6 Å². The van der Waals surface area contributed by atoms with Crippen LogP contribution in [-0.4, -0.2) is 77.4 Å². The van der Waals surface area contributed by atoms with E-state index in [1.54, 1.807) is 6.92 Å². The Labute approximate surface area is 203 Å². The Morgan fingerprint density at radius 3 is 2.91 bits per heavy atom. The first-order chi connectivity index (χ1) is 16.9. The van der Waals surface area contributed by atoms with Gasteiger partial charge >= 0.3 is 5.97 Å². The number of ether oxygens (including phenoxy) is 1. The minimum atomic E-state index is -0.890. The van der Waals surface area contributed by atoms with E-state index in [4.69, 9.17) is 4.74 Å². The van der Waals surface area contributed by atoms with E-state index in [9.17, 15) is 14.3 Å². The molecule has 0 saturated heterocycles. The summed E-state index contributed by atoms with van der Waals surface area (Å²) >= 11 is 0. The molecule has 0 fully saturated rings. The van der Waals surface area contributed by atoms with E-state index in [2.05, 4.69) is 16.0 Å². The number of carboxylic acids is 1. The zero-order valence-electron chi connectivity index (χ0n) is 20.2. The van der Waals surface area contributed by atoms with Crippen LogP contribution in [0, 0.1) is 12.7 Å². The number of H-pyrrole nitrogens is 1. The monoisotopic (exact) mass is 486 g/mol. The summed E-state index contributed by atoms with van der Waals surface area (Å²) in [5.41, 5.74) is 4.02. The second-order valence-electron chi connectivity index (χ2n) is 9.04. The summed E-state index contributed by atoms with van der Waals surface area (Å²) < 4.78 is 33.7. The molecule has 1 aliphatic heterocycles. The summed E-state index contributed by atoms with van der Waals surface area (Å²) in [5.74, 6) is -0.993. The van der Waals surface area contributed by atoms with Crippen molar-refractivity contribution in [2.45, 2.75) is 32.2 Å². The molecule has 7 nitrogen and oxygen atoms in total. The quantitative estimate of drug-likeness (QED) is 0.425. The van der Waals surface area contributed by atoms with Crippen molar-refractivity contribution < 1.29 is 23.4 Å². The molecule has 188 valence electrons. The summed E-state index contributed by atoms with van der Waals surface area (Å²) in [6.45, 7) is 3.91. The molecule has 1 aliphatic rings. The normalized spacial score (nSPS) is 16.1. The lowest BCUT2D eigenvalue weighted by atomic mass is 9.90. The van der Waals surface area contributed by atoms with E-state index >= 15 is 4.39 Å². The highest BCUT2D eigenvalue weighted by molar-refractivity contribution is 5.85. The summed E-state index contributed by atoms with van der Waals surface area (Å²) in [5, 5.41) is 10.4. The van der Waals surface area contributed by atoms with Gasteiger partial charge in [0, 0.05) is 53.9 Å². The smallest absolute Gasteiger partial charge is 0.304 e. The topological polar surface area (TPSA) is 81.7 Å². The molecule has 2 aromatic heterocycles. The predicted octanol–water partition coefficient (Wildman–Crippen LogP) is 4.10. The van der Waals surface area contributed by atoms with Crippen LogP contribution < -0.4 is 4.74 Å². The first-order valence-electron chi connectivity index (χ1n) is 12.0. The first-order valence-corrected chi connectivity index (χ1v) is 12.0. The fraction of sp³-hybridized carbons (Fsp3) is 0.462. The zero-order chi connectivity index (χ0) is 24.9. The molecule has 9 heteroatoms. The molecule has 0 spiro atoms. The van der Waals surface area contributed by atoms with Crippen LogP contribution >= 0.6 is 0 Å². The van der Waals surface area contributed by atoms with Crippen LogP contribution in [-0.2, 0) is 11.2 Å². The SMILES string of the molecule is Cc1c(OCCN(C)CCCF)ncc(F)c1C1c2[nH]c3ccccc3c2CCN1CCC(=O)O. The molecule has 0 saturated carbocycles. The summed E-state index contributed by atoms with van der Waals surface area (Å²) in [6, 6.07) is 7.50. The van der Waals surface area contributed by atoms with Crippen molar-refractivity contribution in [2.24, 2.45) is 0 Å². The average Bonchev–Trinajstić information content (AvgIpc) is 3.22. The number of hydrogen-bond donors (Lipinski definition) is 2. The molecular weight excluding hydrogens is 454 g/mol. The summed E-state index contributed by atoms with van der Waals surface area (Å²) in [7, 11) is 1.90. The third-order valence-electron chi connectivity index (χ3n) is 6.68. The van der Waals surface area contributed by atoms with Gasteiger partial charge in [0.1, 0.15) is 12.4 Å². The van der Waals surface area contributed by atoms with E-state index in [1.165, 1.54) is 6.20 Å². The number of para-hydroxylation sites is 1. The highest BCUT2D eigenvalue weighted by Crippen LogP contribution is 2.41. The Balaban J connectivity index is 1.68. The number of alkyl halides is 1. The van der Waals surface area contributed by atoms with Crippen molar-refractivity contribution >= 4 is 16.9 Å². The van der Waals surface area contributed by atoms with Gasteiger partial charge in [-0.1, -0.05) is 18.2 Å². The van der Waals surface area contributed by atoms with Crippen molar-refractivity contribution in [1.29, 1.82) is 0 Å². The Morgan fingerprint density at radius 1 is 1.34 bits per heavy atom. The Kier molecular flexibility index (Phi) is 7.97. The third kappa shape index (κ3) is 5.46.